The third-order valence-corrected chi connectivity index (χ3v) is 3.67. The van der Waals surface area contributed by atoms with Gasteiger partial charge in [0.15, 0.2) is 0 Å². The Bertz CT molecular complexity index is 469. The molecule has 1 atom stereocenters. The first kappa shape index (κ1) is 14.6. The number of amides is 1. The summed E-state index contributed by atoms with van der Waals surface area (Å²) in [6, 6.07) is 1.81. The van der Waals surface area contributed by atoms with E-state index < -0.39 is 27.3 Å². The predicted octanol–water partition coefficient (Wildman–Crippen LogP) is 1.13. The number of anilines is 1. The molecule has 1 unspecified atom stereocenters. The third kappa shape index (κ3) is 3.49. The largest absolute Gasteiger partial charge is 0.399 e. The maximum atomic E-state index is 13.4. The third-order valence-electron chi connectivity index (χ3n) is 2.25. The number of benzene rings is 1. The van der Waals surface area contributed by atoms with Crippen molar-refractivity contribution in [1.82, 2.24) is 4.90 Å². The molecule has 4 nitrogen and oxygen atoms in total. The number of nitrogens with zero attached hydrogens (tertiary/aromatic N) is 1. The summed E-state index contributed by atoms with van der Waals surface area (Å²) in [7, 11) is 1.20. The van der Waals surface area contributed by atoms with Crippen molar-refractivity contribution < 1.29 is 17.8 Å². The zero-order chi connectivity index (χ0) is 13.9. The minimum Gasteiger partial charge on any atom is -0.399 e. The lowest BCUT2D eigenvalue weighted by molar-refractivity contribution is -0.128. The monoisotopic (exact) mass is 276 g/mol. The molecule has 1 aromatic rings. The normalized spacial score (nSPS) is 12.2. The molecular formula is C11H14F2N2O2S. The summed E-state index contributed by atoms with van der Waals surface area (Å²) in [4.78, 5) is 12.1. The molecule has 0 heterocycles. The zero-order valence-electron chi connectivity index (χ0n) is 10.1. The molecule has 0 radical (unpaired) electrons. The Kier molecular flexibility index (Phi) is 4.77. The number of nitrogen functional groups attached to an aromatic ring is 1. The maximum absolute atomic E-state index is 13.4. The summed E-state index contributed by atoms with van der Waals surface area (Å²) in [6.45, 7) is 0. The first-order valence-electron chi connectivity index (χ1n) is 5.16. The van der Waals surface area contributed by atoms with Crippen LogP contribution in [-0.4, -0.2) is 34.9 Å². The van der Waals surface area contributed by atoms with Crippen molar-refractivity contribution in [3.63, 3.8) is 0 Å². The molecule has 7 heteroatoms. The van der Waals surface area contributed by atoms with Gasteiger partial charge in [-0.3, -0.25) is 9.00 Å². The molecular weight excluding hydrogens is 262 g/mol. The van der Waals surface area contributed by atoms with Crippen LogP contribution in [0.2, 0.25) is 0 Å². The second-order valence-electron chi connectivity index (χ2n) is 3.90. The molecule has 1 rings (SSSR count). The van der Waals surface area contributed by atoms with Crippen molar-refractivity contribution in [2.24, 2.45) is 0 Å². The van der Waals surface area contributed by atoms with Gasteiger partial charge in [-0.05, 0) is 12.1 Å². The van der Waals surface area contributed by atoms with Gasteiger partial charge in [-0.1, -0.05) is 0 Å². The average molecular weight is 276 g/mol. The maximum Gasteiger partial charge on any atom is 0.222 e. The molecule has 1 aromatic carbocycles. The summed E-state index contributed by atoms with van der Waals surface area (Å²) in [5.41, 5.74) is 5.18. The molecule has 0 fully saturated rings. The lowest BCUT2D eigenvalue weighted by Crippen LogP contribution is -2.23. The molecule has 0 aliphatic carbocycles. The fourth-order valence-electron chi connectivity index (χ4n) is 1.30. The fourth-order valence-corrected chi connectivity index (χ4v) is 2.42. The summed E-state index contributed by atoms with van der Waals surface area (Å²) in [5.74, 6) is -2.29. The summed E-state index contributed by atoms with van der Waals surface area (Å²) < 4.78 is 38.6. The topological polar surface area (TPSA) is 63.4 Å². The van der Waals surface area contributed by atoms with E-state index in [1.54, 1.807) is 14.1 Å². The van der Waals surface area contributed by atoms with Gasteiger partial charge < -0.3 is 10.6 Å². The van der Waals surface area contributed by atoms with Crippen LogP contribution in [0.3, 0.4) is 0 Å². The number of carbonyl (C=O) groups excluding carboxylic acids is 1. The molecule has 0 saturated carbocycles. The van der Waals surface area contributed by atoms with E-state index in [0.29, 0.717) is 0 Å². The van der Waals surface area contributed by atoms with Crippen molar-refractivity contribution >= 4 is 22.4 Å². The van der Waals surface area contributed by atoms with Crippen LogP contribution in [0, 0.1) is 11.6 Å². The fraction of sp³-hybridized carbons (Fsp3) is 0.364. The molecule has 0 aromatic heterocycles. The Hall–Kier alpha value is -1.50. The zero-order valence-corrected chi connectivity index (χ0v) is 10.9. The van der Waals surface area contributed by atoms with Crippen molar-refractivity contribution in [2.45, 2.75) is 11.3 Å². The first-order valence-corrected chi connectivity index (χ1v) is 6.48. The van der Waals surface area contributed by atoms with Crippen molar-refractivity contribution in [3.05, 3.63) is 23.8 Å². The molecule has 0 spiro atoms. The van der Waals surface area contributed by atoms with Gasteiger partial charge in [-0.2, -0.15) is 0 Å². The van der Waals surface area contributed by atoms with Crippen LogP contribution in [0.4, 0.5) is 14.5 Å². The molecule has 0 saturated heterocycles. The second-order valence-corrected chi connectivity index (χ2v) is 5.41. The average Bonchev–Trinajstić information content (AvgIpc) is 2.24. The summed E-state index contributed by atoms with van der Waals surface area (Å²) in [5, 5.41) is 0. The highest BCUT2D eigenvalue weighted by Gasteiger charge is 2.18. The molecule has 0 bridgehead atoms. The standard InChI is InChI=1S/C11H14F2N2O2S/c1-15(2)10(16)3-4-18(17)11-8(12)5-7(14)6-9(11)13/h5-6H,3-4,14H2,1-2H3. The van der Waals surface area contributed by atoms with Crippen LogP contribution in [0.25, 0.3) is 0 Å². The van der Waals surface area contributed by atoms with Gasteiger partial charge in [-0.15, -0.1) is 0 Å². The predicted molar refractivity (Wildman–Crippen MR) is 65.4 cm³/mol. The van der Waals surface area contributed by atoms with Gasteiger partial charge in [-0.25, -0.2) is 8.78 Å². The van der Waals surface area contributed by atoms with Crippen molar-refractivity contribution in [3.8, 4) is 0 Å². The van der Waals surface area contributed by atoms with Crippen LogP contribution in [0.5, 0.6) is 0 Å². The van der Waals surface area contributed by atoms with E-state index in [-0.39, 0.29) is 23.8 Å². The van der Waals surface area contributed by atoms with E-state index in [1.807, 2.05) is 0 Å². The Morgan fingerprint density at radius 1 is 1.33 bits per heavy atom. The molecule has 1 amide bonds. The van der Waals surface area contributed by atoms with Crippen molar-refractivity contribution in [2.75, 3.05) is 25.6 Å². The number of rotatable bonds is 4. The number of hydrogen-bond acceptors (Lipinski definition) is 3. The molecule has 100 valence electrons. The number of hydrogen-bond donors (Lipinski definition) is 1. The summed E-state index contributed by atoms with van der Waals surface area (Å²) >= 11 is 0. The highest BCUT2D eigenvalue weighted by Crippen LogP contribution is 2.20. The summed E-state index contributed by atoms with van der Waals surface area (Å²) in [6.07, 6.45) is -0.0388. The van der Waals surface area contributed by atoms with E-state index >= 15 is 0 Å². The lowest BCUT2D eigenvalue weighted by atomic mass is 10.3. The van der Waals surface area contributed by atoms with Crippen LogP contribution in [0.15, 0.2) is 17.0 Å². The van der Waals surface area contributed by atoms with Crippen LogP contribution < -0.4 is 5.73 Å². The number of halogens is 2. The van der Waals surface area contributed by atoms with Crippen LogP contribution >= 0.6 is 0 Å². The Morgan fingerprint density at radius 2 is 1.83 bits per heavy atom. The van der Waals surface area contributed by atoms with E-state index in [4.69, 9.17) is 5.73 Å². The van der Waals surface area contributed by atoms with Crippen molar-refractivity contribution in [1.29, 1.82) is 0 Å². The van der Waals surface area contributed by atoms with Gasteiger partial charge in [0.05, 0.1) is 10.8 Å². The molecule has 2 N–H and O–H groups in total. The highest BCUT2D eigenvalue weighted by molar-refractivity contribution is 7.85. The Morgan fingerprint density at radius 3 is 2.28 bits per heavy atom. The highest BCUT2D eigenvalue weighted by atomic mass is 32.2. The number of carbonyl (C=O) groups is 1. The van der Waals surface area contributed by atoms with E-state index in [9.17, 15) is 17.8 Å². The SMILES string of the molecule is CN(C)C(=O)CCS(=O)c1c(F)cc(N)cc1F. The van der Waals surface area contributed by atoms with Gasteiger partial charge in [0.25, 0.3) is 0 Å². The van der Waals surface area contributed by atoms with Crippen LogP contribution in [0.1, 0.15) is 6.42 Å². The van der Waals surface area contributed by atoms with Crippen LogP contribution in [-0.2, 0) is 15.6 Å². The lowest BCUT2D eigenvalue weighted by Gasteiger charge is -2.10. The van der Waals surface area contributed by atoms with Gasteiger partial charge in [0.1, 0.15) is 16.5 Å². The van der Waals surface area contributed by atoms with Gasteiger partial charge in [0.2, 0.25) is 5.91 Å². The quantitative estimate of drug-likeness (QED) is 0.839. The second kappa shape index (κ2) is 5.90. The first-order chi connectivity index (χ1) is 8.32. The van der Waals surface area contributed by atoms with Gasteiger partial charge >= 0.3 is 0 Å². The van der Waals surface area contributed by atoms with E-state index in [2.05, 4.69) is 0 Å². The Labute approximate surface area is 106 Å². The number of nitrogens with two attached hydrogens (primary N) is 1. The van der Waals surface area contributed by atoms with Gasteiger partial charge in [0, 0.05) is 32.0 Å². The molecule has 18 heavy (non-hydrogen) atoms. The molecule has 0 aliphatic rings. The minimum absolute atomic E-state index is 0.0388. The van der Waals surface area contributed by atoms with E-state index in [1.165, 1.54) is 4.90 Å². The Balaban J connectivity index is 2.83. The molecule has 0 aliphatic heterocycles. The van der Waals surface area contributed by atoms with E-state index in [0.717, 1.165) is 12.1 Å². The minimum atomic E-state index is -1.91. The smallest absolute Gasteiger partial charge is 0.222 e.